The quantitative estimate of drug-likeness (QED) is 0.523. The molecule has 6 heteroatoms. The number of halogens is 2. The first-order valence-electron chi connectivity index (χ1n) is 10.9. The first-order chi connectivity index (χ1) is 15.4. The highest BCUT2D eigenvalue weighted by Gasteiger charge is 2.62. The summed E-state index contributed by atoms with van der Waals surface area (Å²) in [7, 11) is 0. The third-order valence-corrected chi connectivity index (χ3v) is 4.93. The van der Waals surface area contributed by atoms with Crippen molar-refractivity contribution >= 4 is 29.2 Å². The lowest BCUT2D eigenvalue weighted by molar-refractivity contribution is -0.149. The topological polar surface area (TPSA) is 59.3 Å². The lowest BCUT2D eigenvalue weighted by Gasteiger charge is -2.13. The number of esters is 1. The first-order valence-corrected chi connectivity index (χ1v) is 9.13. The van der Waals surface area contributed by atoms with Crippen LogP contribution >= 0.6 is 23.2 Å². The zero-order valence-electron chi connectivity index (χ0n) is 20.0. The molecule has 144 valence electrons. The van der Waals surface area contributed by atoms with Crippen LogP contribution < -0.4 is 4.74 Å². The van der Waals surface area contributed by atoms with Crippen molar-refractivity contribution in [3.63, 3.8) is 0 Å². The molecular formula is C22H19Cl2NO3. The number of rotatable bonds is 6. The van der Waals surface area contributed by atoms with Gasteiger partial charge in [0.25, 0.3) is 0 Å². The highest BCUT2D eigenvalue weighted by molar-refractivity contribution is 6.55. The van der Waals surface area contributed by atoms with E-state index in [0.29, 0.717) is 5.56 Å². The van der Waals surface area contributed by atoms with E-state index in [1.165, 1.54) is 18.2 Å². The normalized spacial score (nSPS) is 22.9. The Bertz CT molecular complexity index is 1160. The van der Waals surface area contributed by atoms with Crippen molar-refractivity contribution in [1.82, 2.24) is 0 Å². The van der Waals surface area contributed by atoms with Gasteiger partial charge in [-0.05, 0) is 41.6 Å². The Balaban J connectivity index is 1.83. The summed E-state index contributed by atoms with van der Waals surface area (Å²) >= 11 is 11.4. The standard InChI is InChI=1S/C22H19Cl2NO3/c1-22(2)17(12-19(23)24)20(22)21(26)28-18(13-25)14-7-6-10-16(11-14)27-15-8-4-3-5-9-15/h3-12,17-18,20H,1-2H3/i3D,4D,5D,8D,9D. The van der Waals surface area contributed by atoms with Crippen LogP contribution in [0.3, 0.4) is 0 Å². The van der Waals surface area contributed by atoms with Crippen molar-refractivity contribution in [2.75, 3.05) is 0 Å². The molecule has 0 radical (unpaired) electrons. The van der Waals surface area contributed by atoms with Crippen molar-refractivity contribution in [3.05, 3.63) is 70.6 Å². The van der Waals surface area contributed by atoms with Crippen molar-refractivity contribution in [2.45, 2.75) is 20.0 Å². The van der Waals surface area contributed by atoms with Crippen molar-refractivity contribution < 1.29 is 21.1 Å². The summed E-state index contributed by atoms with van der Waals surface area (Å²) in [6, 6.07) is 5.34. The van der Waals surface area contributed by atoms with Crippen LogP contribution in [0.5, 0.6) is 11.5 Å². The van der Waals surface area contributed by atoms with E-state index in [0.717, 1.165) is 0 Å². The Morgan fingerprint density at radius 1 is 1.29 bits per heavy atom. The number of para-hydroxylation sites is 1. The maximum Gasteiger partial charge on any atom is 0.311 e. The van der Waals surface area contributed by atoms with Gasteiger partial charge in [-0.25, -0.2) is 0 Å². The monoisotopic (exact) mass is 420 g/mol. The van der Waals surface area contributed by atoms with Gasteiger partial charge >= 0.3 is 5.97 Å². The minimum atomic E-state index is -1.24. The molecule has 0 aliphatic heterocycles. The molecule has 0 spiro atoms. The number of nitriles is 1. The fraction of sp³-hybridized carbons (Fsp3) is 0.273. The molecule has 28 heavy (non-hydrogen) atoms. The lowest BCUT2D eigenvalue weighted by atomic mass is 10.1. The largest absolute Gasteiger partial charge is 0.457 e. The number of benzene rings is 2. The summed E-state index contributed by atoms with van der Waals surface area (Å²) < 4.78 is 50.1. The van der Waals surface area contributed by atoms with E-state index < -0.39 is 53.6 Å². The molecule has 3 atom stereocenters. The zero-order valence-corrected chi connectivity index (χ0v) is 16.6. The molecule has 0 bridgehead atoms. The Kier molecular flexibility index (Phi) is 4.28. The van der Waals surface area contributed by atoms with Crippen LogP contribution in [-0.4, -0.2) is 5.97 Å². The van der Waals surface area contributed by atoms with Crippen molar-refractivity contribution in [1.29, 1.82) is 5.26 Å². The maximum atomic E-state index is 12.7. The second kappa shape index (κ2) is 8.26. The van der Waals surface area contributed by atoms with E-state index in [1.54, 1.807) is 12.1 Å². The van der Waals surface area contributed by atoms with Crippen LogP contribution in [0.15, 0.2) is 65.0 Å². The minimum Gasteiger partial charge on any atom is -0.457 e. The van der Waals surface area contributed by atoms with Crippen molar-refractivity contribution in [3.8, 4) is 17.6 Å². The lowest BCUT2D eigenvalue weighted by Crippen LogP contribution is -2.14. The Hall–Kier alpha value is -2.48. The van der Waals surface area contributed by atoms with Gasteiger partial charge in [-0.3, -0.25) is 4.79 Å². The van der Waals surface area contributed by atoms with Crippen molar-refractivity contribution in [2.24, 2.45) is 17.3 Å². The molecule has 0 N–H and O–H groups in total. The summed E-state index contributed by atoms with van der Waals surface area (Å²) in [6.45, 7) is 3.74. The van der Waals surface area contributed by atoms with Gasteiger partial charge in [0, 0.05) is 5.56 Å². The van der Waals surface area contributed by atoms with E-state index in [4.69, 9.17) is 39.5 Å². The van der Waals surface area contributed by atoms with Gasteiger partial charge in [0.05, 0.1) is 12.8 Å². The van der Waals surface area contributed by atoms with E-state index >= 15 is 0 Å². The summed E-state index contributed by atoms with van der Waals surface area (Å²) in [5.41, 5.74) is -0.116. The Labute approximate surface area is 181 Å². The van der Waals surface area contributed by atoms with Gasteiger partial charge in [0.15, 0.2) is 0 Å². The molecule has 4 nitrogen and oxygen atoms in total. The number of hydrogen-bond donors (Lipinski definition) is 0. The maximum absolute atomic E-state index is 12.7. The molecule has 1 aliphatic rings. The SMILES string of the molecule is [2H]c1c([2H])c([2H])c(Oc2cccc(C(C#N)OC(=O)C3C(C=C(Cl)Cl)C3(C)C)c2)c([2H])c1[2H]. The summed E-state index contributed by atoms with van der Waals surface area (Å²) in [4.78, 5) is 12.7. The molecule has 2 aromatic rings. The molecule has 0 amide bonds. The van der Waals surface area contributed by atoms with Crippen LogP contribution in [0, 0.1) is 28.6 Å². The van der Waals surface area contributed by atoms with Crippen LogP contribution in [0.1, 0.15) is 32.4 Å². The van der Waals surface area contributed by atoms with Gasteiger partial charge in [-0.15, -0.1) is 0 Å². The molecule has 1 aliphatic carbocycles. The van der Waals surface area contributed by atoms with Gasteiger partial charge in [-0.1, -0.05) is 67.3 Å². The third kappa shape index (κ3) is 4.49. The molecular weight excluding hydrogens is 397 g/mol. The van der Waals surface area contributed by atoms with Crippen LogP contribution in [0.2, 0.25) is 0 Å². The van der Waals surface area contributed by atoms with Gasteiger partial charge in [-0.2, -0.15) is 5.26 Å². The number of carbonyl (C=O) groups is 1. The molecule has 2 aromatic carbocycles. The zero-order chi connectivity index (χ0) is 24.7. The summed E-state index contributed by atoms with van der Waals surface area (Å²) in [5, 5.41) is 9.59. The van der Waals surface area contributed by atoms with Gasteiger partial charge < -0.3 is 9.47 Å². The predicted molar refractivity (Wildman–Crippen MR) is 108 cm³/mol. The van der Waals surface area contributed by atoms with E-state index in [9.17, 15) is 10.1 Å². The van der Waals surface area contributed by atoms with Crippen LogP contribution in [-0.2, 0) is 9.53 Å². The predicted octanol–water partition coefficient (Wildman–Crippen LogP) is 6.18. The van der Waals surface area contributed by atoms with Crippen LogP contribution in [0.4, 0.5) is 0 Å². The highest BCUT2D eigenvalue weighted by Crippen LogP contribution is 2.60. The number of nitrogens with zero attached hydrogens (tertiary/aromatic N) is 1. The molecule has 0 saturated heterocycles. The summed E-state index contributed by atoms with van der Waals surface area (Å²) in [6.07, 6.45) is 0.332. The average Bonchev–Trinajstić information content (AvgIpc) is 3.31. The molecule has 1 fully saturated rings. The number of carbonyl (C=O) groups excluding carboxylic acids is 1. The number of allylic oxidation sites excluding steroid dienone is 1. The second-order valence-corrected chi connectivity index (χ2v) is 7.86. The number of hydrogen-bond acceptors (Lipinski definition) is 4. The highest BCUT2D eigenvalue weighted by atomic mass is 35.5. The Morgan fingerprint density at radius 2 is 2.00 bits per heavy atom. The van der Waals surface area contributed by atoms with Gasteiger partial charge in [0.1, 0.15) is 22.1 Å². The minimum absolute atomic E-state index is 0.0534. The first kappa shape index (κ1) is 14.5. The second-order valence-electron chi connectivity index (χ2n) is 6.86. The van der Waals surface area contributed by atoms with Gasteiger partial charge in [0.2, 0.25) is 6.10 Å². The molecule has 1 saturated carbocycles. The fourth-order valence-corrected chi connectivity index (χ4v) is 3.35. The van der Waals surface area contributed by atoms with E-state index in [1.807, 2.05) is 19.9 Å². The average molecular weight is 421 g/mol. The van der Waals surface area contributed by atoms with E-state index in [2.05, 4.69) is 0 Å². The molecule has 3 unspecified atom stereocenters. The smallest absolute Gasteiger partial charge is 0.311 e. The molecule has 0 aromatic heterocycles. The van der Waals surface area contributed by atoms with E-state index in [-0.39, 0.29) is 21.9 Å². The fourth-order valence-electron chi connectivity index (χ4n) is 3.08. The third-order valence-electron chi connectivity index (χ3n) is 4.68. The number of ether oxygens (including phenoxy) is 2. The van der Waals surface area contributed by atoms with Crippen LogP contribution in [0.25, 0.3) is 0 Å². The summed E-state index contributed by atoms with van der Waals surface area (Å²) in [5.74, 6) is -1.53. The molecule has 3 rings (SSSR count). The molecule has 0 heterocycles. The Morgan fingerprint density at radius 3 is 2.64 bits per heavy atom.